The summed E-state index contributed by atoms with van der Waals surface area (Å²) >= 11 is 10.3. The third kappa shape index (κ3) is 2.00. The van der Waals surface area contributed by atoms with E-state index in [9.17, 15) is 0 Å². The lowest BCUT2D eigenvalue weighted by atomic mass is 10.2. The van der Waals surface area contributed by atoms with Crippen LogP contribution in [0.2, 0.25) is 0 Å². The fraction of sp³-hybridized carbons (Fsp3) is 0. The van der Waals surface area contributed by atoms with Crippen molar-refractivity contribution < 1.29 is 9.47 Å². The Labute approximate surface area is 123 Å². The maximum atomic E-state index is 5.84. The van der Waals surface area contributed by atoms with Gasteiger partial charge in [0.15, 0.2) is 23.0 Å². The van der Waals surface area contributed by atoms with E-state index in [0.717, 1.165) is 13.4 Å². The molecule has 0 atom stereocenters. The minimum absolute atomic E-state index is 0.686. The Morgan fingerprint density at radius 3 is 2.29 bits per heavy atom. The van der Waals surface area contributed by atoms with Gasteiger partial charge in [-0.2, -0.15) is 0 Å². The Balaban J connectivity index is 2.17. The molecule has 1 aliphatic rings. The fourth-order valence-electron chi connectivity index (χ4n) is 1.60. The van der Waals surface area contributed by atoms with Crippen LogP contribution in [0.1, 0.15) is 0 Å². The second-order valence-corrected chi connectivity index (χ2v) is 6.11. The van der Waals surface area contributed by atoms with Gasteiger partial charge < -0.3 is 9.47 Å². The number of para-hydroxylation sites is 1. The molecule has 5 heteroatoms. The van der Waals surface area contributed by atoms with Crippen LogP contribution >= 0.6 is 47.8 Å². The summed E-state index contributed by atoms with van der Waals surface area (Å²) in [5.41, 5.74) is 0. The van der Waals surface area contributed by atoms with Crippen molar-refractivity contribution in [2.75, 3.05) is 0 Å². The lowest BCUT2D eigenvalue weighted by Crippen LogP contribution is -2.00. The maximum absolute atomic E-state index is 5.84. The molecule has 1 heterocycles. The molecule has 2 nitrogen and oxygen atoms in total. The Morgan fingerprint density at radius 1 is 0.765 bits per heavy atom. The molecule has 86 valence electrons. The van der Waals surface area contributed by atoms with Crippen LogP contribution in [-0.2, 0) is 0 Å². The van der Waals surface area contributed by atoms with E-state index in [-0.39, 0.29) is 0 Å². The Bertz CT molecular complexity index is 611. The number of fused-ring (bicyclic) bond motifs is 2. The molecule has 0 saturated heterocycles. The average Bonchev–Trinajstić information content (AvgIpc) is 2.28. The minimum atomic E-state index is 0.686. The van der Waals surface area contributed by atoms with E-state index in [1.165, 1.54) is 0 Å². The molecular weight excluding hydrogens is 416 g/mol. The highest BCUT2D eigenvalue weighted by Gasteiger charge is 2.23. The van der Waals surface area contributed by atoms with Crippen molar-refractivity contribution in [3.8, 4) is 23.0 Å². The van der Waals surface area contributed by atoms with Crippen LogP contribution in [0.25, 0.3) is 0 Å². The molecule has 0 bridgehead atoms. The standard InChI is InChI=1S/C12H5Br3O2/c13-6-4-8(15)12-10(5-6)17-11-7(14)2-1-3-9(11)16-12/h1-5H. The minimum Gasteiger partial charge on any atom is -0.448 e. The number of hydrogen-bond donors (Lipinski definition) is 0. The average molecular weight is 421 g/mol. The summed E-state index contributed by atoms with van der Waals surface area (Å²) in [6.07, 6.45) is 0. The largest absolute Gasteiger partial charge is 0.448 e. The zero-order valence-electron chi connectivity index (χ0n) is 8.34. The highest BCUT2D eigenvalue weighted by atomic mass is 79.9. The summed E-state index contributed by atoms with van der Waals surface area (Å²) < 4.78 is 14.3. The summed E-state index contributed by atoms with van der Waals surface area (Å²) in [6, 6.07) is 9.50. The molecule has 0 N–H and O–H groups in total. The van der Waals surface area contributed by atoms with Crippen LogP contribution in [0.15, 0.2) is 43.7 Å². The highest BCUT2D eigenvalue weighted by Crippen LogP contribution is 2.51. The van der Waals surface area contributed by atoms with Crippen LogP contribution in [0.3, 0.4) is 0 Å². The summed E-state index contributed by atoms with van der Waals surface area (Å²) in [7, 11) is 0. The third-order valence-corrected chi connectivity index (χ3v) is 4.00. The Hall–Kier alpha value is -0.520. The SMILES string of the molecule is Brc1cc(Br)c2c(c1)Oc1c(Br)cccc1O2. The highest BCUT2D eigenvalue weighted by molar-refractivity contribution is 9.11. The van der Waals surface area contributed by atoms with Crippen molar-refractivity contribution in [3.63, 3.8) is 0 Å². The molecule has 1 aliphatic heterocycles. The molecule has 0 unspecified atom stereocenters. The van der Waals surface area contributed by atoms with Gasteiger partial charge in [0, 0.05) is 4.47 Å². The van der Waals surface area contributed by atoms with Crippen molar-refractivity contribution in [2.45, 2.75) is 0 Å². The first kappa shape index (κ1) is 11.6. The molecule has 0 fully saturated rings. The van der Waals surface area contributed by atoms with Crippen molar-refractivity contribution >= 4 is 47.8 Å². The van der Waals surface area contributed by atoms with E-state index < -0.39 is 0 Å². The van der Waals surface area contributed by atoms with E-state index in [2.05, 4.69) is 47.8 Å². The van der Waals surface area contributed by atoms with E-state index in [1.54, 1.807) is 0 Å². The summed E-state index contributed by atoms with van der Waals surface area (Å²) in [4.78, 5) is 0. The van der Waals surface area contributed by atoms with Gasteiger partial charge in [-0.25, -0.2) is 0 Å². The van der Waals surface area contributed by atoms with Crippen LogP contribution in [0, 0.1) is 0 Å². The molecule has 2 aromatic carbocycles. The molecule has 0 aliphatic carbocycles. The number of benzene rings is 2. The third-order valence-electron chi connectivity index (χ3n) is 2.33. The molecule has 0 spiro atoms. The van der Waals surface area contributed by atoms with Gasteiger partial charge in [0.1, 0.15) is 0 Å². The van der Waals surface area contributed by atoms with Gasteiger partial charge in [-0.3, -0.25) is 0 Å². The maximum Gasteiger partial charge on any atom is 0.184 e. The molecule has 2 aromatic rings. The quantitative estimate of drug-likeness (QED) is 0.452. The number of rotatable bonds is 0. The van der Waals surface area contributed by atoms with Gasteiger partial charge in [0.05, 0.1) is 8.95 Å². The second-order valence-electron chi connectivity index (χ2n) is 3.49. The predicted molar refractivity (Wildman–Crippen MR) is 76.1 cm³/mol. The summed E-state index contributed by atoms with van der Waals surface area (Å²) in [6.45, 7) is 0. The predicted octanol–water partition coefficient (Wildman–Crippen LogP) is 5.87. The first-order valence-corrected chi connectivity index (χ1v) is 7.16. The van der Waals surface area contributed by atoms with E-state index in [1.807, 2.05) is 30.3 Å². The lowest BCUT2D eigenvalue weighted by Gasteiger charge is -2.22. The van der Waals surface area contributed by atoms with Crippen LogP contribution in [0.4, 0.5) is 0 Å². The van der Waals surface area contributed by atoms with E-state index >= 15 is 0 Å². The van der Waals surface area contributed by atoms with E-state index in [0.29, 0.717) is 23.0 Å². The van der Waals surface area contributed by atoms with Gasteiger partial charge in [0.25, 0.3) is 0 Å². The second kappa shape index (κ2) is 4.30. The van der Waals surface area contributed by atoms with Crippen molar-refractivity contribution in [1.29, 1.82) is 0 Å². The van der Waals surface area contributed by atoms with Crippen molar-refractivity contribution in [2.24, 2.45) is 0 Å². The Morgan fingerprint density at radius 2 is 1.47 bits per heavy atom. The monoisotopic (exact) mass is 418 g/mol. The van der Waals surface area contributed by atoms with Crippen molar-refractivity contribution in [3.05, 3.63) is 43.7 Å². The van der Waals surface area contributed by atoms with Gasteiger partial charge in [-0.05, 0) is 56.1 Å². The summed E-state index contributed by atoms with van der Waals surface area (Å²) in [5.74, 6) is 2.78. The smallest absolute Gasteiger partial charge is 0.184 e. The normalized spacial score (nSPS) is 12.2. The molecule has 0 saturated carbocycles. The first-order chi connectivity index (χ1) is 8.15. The molecule has 17 heavy (non-hydrogen) atoms. The molecule has 3 rings (SSSR count). The number of hydrogen-bond acceptors (Lipinski definition) is 2. The molecule has 0 aromatic heterocycles. The Kier molecular flexibility index (Phi) is 2.92. The topological polar surface area (TPSA) is 18.5 Å². The molecule has 0 amide bonds. The van der Waals surface area contributed by atoms with Gasteiger partial charge in [0.2, 0.25) is 0 Å². The lowest BCUT2D eigenvalue weighted by molar-refractivity contribution is 0.355. The van der Waals surface area contributed by atoms with Gasteiger partial charge in [-0.15, -0.1) is 0 Å². The zero-order chi connectivity index (χ0) is 12.0. The summed E-state index contributed by atoms with van der Waals surface area (Å²) in [5, 5.41) is 0. The van der Waals surface area contributed by atoms with Crippen LogP contribution < -0.4 is 9.47 Å². The van der Waals surface area contributed by atoms with Crippen LogP contribution in [-0.4, -0.2) is 0 Å². The first-order valence-electron chi connectivity index (χ1n) is 4.78. The number of ether oxygens (including phenoxy) is 2. The van der Waals surface area contributed by atoms with Gasteiger partial charge >= 0.3 is 0 Å². The number of halogens is 3. The molecular formula is C12H5Br3O2. The molecule has 0 radical (unpaired) electrons. The van der Waals surface area contributed by atoms with E-state index in [4.69, 9.17) is 9.47 Å². The zero-order valence-corrected chi connectivity index (χ0v) is 13.1. The van der Waals surface area contributed by atoms with Crippen LogP contribution in [0.5, 0.6) is 23.0 Å². The van der Waals surface area contributed by atoms with Gasteiger partial charge in [-0.1, -0.05) is 22.0 Å². The van der Waals surface area contributed by atoms with Crippen molar-refractivity contribution in [1.82, 2.24) is 0 Å². The fourth-order valence-corrected chi connectivity index (χ4v) is 3.30.